The lowest BCUT2D eigenvalue weighted by molar-refractivity contribution is -0.117. The van der Waals surface area contributed by atoms with Crippen molar-refractivity contribution in [3.63, 3.8) is 0 Å². The van der Waals surface area contributed by atoms with Gasteiger partial charge in [0.05, 0.1) is 11.4 Å². The van der Waals surface area contributed by atoms with Crippen LogP contribution in [-0.4, -0.2) is 24.4 Å². The number of carbonyl (C=O) groups is 2. The Morgan fingerprint density at radius 1 is 1.25 bits per heavy atom. The van der Waals surface area contributed by atoms with Crippen LogP contribution in [0.5, 0.6) is 0 Å². The van der Waals surface area contributed by atoms with Crippen LogP contribution in [0, 0.1) is 5.82 Å². The van der Waals surface area contributed by atoms with Crippen LogP contribution in [0.2, 0.25) is 0 Å². The summed E-state index contributed by atoms with van der Waals surface area (Å²) in [6.07, 6.45) is 1.84. The summed E-state index contributed by atoms with van der Waals surface area (Å²) in [5, 5.41) is 5.54. The molecule has 5 nitrogen and oxygen atoms in total. The van der Waals surface area contributed by atoms with Gasteiger partial charge in [-0.1, -0.05) is 6.07 Å². The summed E-state index contributed by atoms with van der Waals surface area (Å²) in [6.45, 7) is 0.847. The van der Waals surface area contributed by atoms with E-state index in [0.717, 1.165) is 25.1 Å². The highest BCUT2D eigenvalue weighted by Crippen LogP contribution is 2.37. The molecule has 2 aromatic carbocycles. The van der Waals surface area contributed by atoms with Gasteiger partial charge in [0, 0.05) is 17.8 Å². The number of anilines is 3. The van der Waals surface area contributed by atoms with E-state index in [1.165, 1.54) is 18.2 Å². The molecule has 24 heavy (non-hydrogen) atoms. The van der Waals surface area contributed by atoms with Crippen LogP contribution in [0.3, 0.4) is 0 Å². The third-order valence-corrected chi connectivity index (χ3v) is 4.46. The quantitative estimate of drug-likeness (QED) is 0.892. The van der Waals surface area contributed by atoms with Gasteiger partial charge in [-0.05, 0) is 49.2 Å². The number of amides is 2. The molecule has 2 heterocycles. The monoisotopic (exact) mass is 325 g/mol. The van der Waals surface area contributed by atoms with Gasteiger partial charge in [0.2, 0.25) is 5.91 Å². The Kier molecular flexibility index (Phi) is 3.45. The molecule has 0 radical (unpaired) electrons. The van der Waals surface area contributed by atoms with Crippen LogP contribution in [0.25, 0.3) is 0 Å². The Hall–Kier alpha value is -2.89. The highest BCUT2D eigenvalue weighted by Gasteiger charge is 2.36. The Bertz CT molecular complexity index is 837. The first-order valence-corrected chi connectivity index (χ1v) is 7.90. The molecule has 2 aliphatic heterocycles. The second kappa shape index (κ2) is 5.63. The van der Waals surface area contributed by atoms with Crippen LogP contribution in [0.4, 0.5) is 21.5 Å². The van der Waals surface area contributed by atoms with Gasteiger partial charge in [0.25, 0.3) is 5.91 Å². The first-order valence-electron chi connectivity index (χ1n) is 7.90. The van der Waals surface area contributed by atoms with Crippen LogP contribution >= 0.6 is 0 Å². The lowest BCUT2D eigenvalue weighted by atomic mass is 10.1. The zero-order valence-electron chi connectivity index (χ0n) is 12.9. The predicted molar refractivity (Wildman–Crippen MR) is 89.8 cm³/mol. The molecule has 0 bridgehead atoms. The minimum atomic E-state index is -0.412. The first kappa shape index (κ1) is 14.7. The molecule has 0 saturated carbocycles. The maximum Gasteiger partial charge on any atom is 0.255 e. The highest BCUT2D eigenvalue weighted by atomic mass is 19.1. The third-order valence-electron chi connectivity index (χ3n) is 4.46. The van der Waals surface area contributed by atoms with E-state index < -0.39 is 5.82 Å². The van der Waals surface area contributed by atoms with Gasteiger partial charge in [-0.3, -0.25) is 9.59 Å². The van der Waals surface area contributed by atoms with E-state index >= 15 is 0 Å². The van der Waals surface area contributed by atoms with Crippen LogP contribution in [0.15, 0.2) is 42.5 Å². The van der Waals surface area contributed by atoms with Crippen molar-refractivity contribution >= 4 is 28.9 Å². The molecule has 0 aliphatic carbocycles. The molecular formula is C18H16FN3O2. The Morgan fingerprint density at radius 3 is 2.96 bits per heavy atom. The Balaban J connectivity index is 1.60. The van der Waals surface area contributed by atoms with Crippen molar-refractivity contribution in [1.29, 1.82) is 0 Å². The molecule has 0 spiro atoms. The second-order valence-corrected chi connectivity index (χ2v) is 6.04. The van der Waals surface area contributed by atoms with Crippen molar-refractivity contribution in [2.75, 3.05) is 22.1 Å². The van der Waals surface area contributed by atoms with Gasteiger partial charge >= 0.3 is 0 Å². The molecule has 2 aliphatic rings. The Morgan fingerprint density at radius 2 is 2.12 bits per heavy atom. The van der Waals surface area contributed by atoms with Gasteiger partial charge in [-0.2, -0.15) is 0 Å². The number of hydrogen-bond acceptors (Lipinski definition) is 3. The number of nitrogens with zero attached hydrogens (tertiary/aromatic N) is 1. The molecule has 2 N–H and O–H groups in total. The molecule has 1 saturated heterocycles. The predicted octanol–water partition coefficient (Wildman–Crippen LogP) is 3.00. The van der Waals surface area contributed by atoms with E-state index in [1.54, 1.807) is 18.2 Å². The molecular weight excluding hydrogens is 309 g/mol. The molecule has 1 fully saturated rings. The lowest BCUT2D eigenvalue weighted by Crippen LogP contribution is -2.43. The Labute approximate surface area is 138 Å². The average Bonchev–Trinajstić information content (AvgIpc) is 3.05. The lowest BCUT2D eigenvalue weighted by Gasteiger charge is -2.33. The maximum absolute atomic E-state index is 13.2. The van der Waals surface area contributed by atoms with Crippen molar-refractivity contribution in [2.45, 2.75) is 18.9 Å². The number of hydrogen-bond donors (Lipinski definition) is 2. The third kappa shape index (κ3) is 2.50. The normalized spacial score (nSPS) is 18.6. The fraction of sp³-hybridized carbons (Fsp3) is 0.222. The van der Waals surface area contributed by atoms with Gasteiger partial charge in [0.15, 0.2) is 0 Å². The number of rotatable bonds is 2. The second-order valence-electron chi connectivity index (χ2n) is 6.04. The summed E-state index contributed by atoms with van der Waals surface area (Å²) in [5.74, 6) is -0.783. The molecule has 1 atom stereocenters. The summed E-state index contributed by atoms with van der Waals surface area (Å²) >= 11 is 0. The van der Waals surface area contributed by atoms with E-state index in [1.807, 2.05) is 6.07 Å². The topological polar surface area (TPSA) is 61.4 Å². The van der Waals surface area contributed by atoms with Crippen molar-refractivity contribution in [3.8, 4) is 0 Å². The maximum atomic E-state index is 13.2. The van der Waals surface area contributed by atoms with Gasteiger partial charge in [-0.15, -0.1) is 0 Å². The van der Waals surface area contributed by atoms with Gasteiger partial charge < -0.3 is 15.5 Å². The standard InChI is InChI=1S/C18H16FN3O2/c19-12-3-1-4-13(10-12)20-17(23)11-6-7-15-14(9-11)21-18(24)16-5-2-8-22(15)16/h1,3-4,6-7,9-10,16H,2,5,8H2,(H,20,23)(H,21,24)/t16-/m1/s1. The summed E-state index contributed by atoms with van der Waals surface area (Å²) in [6, 6.07) is 10.9. The first-order chi connectivity index (χ1) is 11.6. The van der Waals surface area contributed by atoms with Crippen molar-refractivity contribution in [1.82, 2.24) is 0 Å². The molecule has 0 unspecified atom stereocenters. The summed E-state index contributed by atoms with van der Waals surface area (Å²) in [4.78, 5) is 26.6. The fourth-order valence-electron chi connectivity index (χ4n) is 3.34. The molecule has 2 amide bonds. The van der Waals surface area contributed by atoms with Crippen LogP contribution < -0.4 is 15.5 Å². The molecule has 122 valence electrons. The van der Waals surface area contributed by atoms with Gasteiger partial charge in [0.1, 0.15) is 11.9 Å². The van der Waals surface area contributed by atoms with E-state index in [4.69, 9.17) is 0 Å². The van der Waals surface area contributed by atoms with Crippen LogP contribution in [-0.2, 0) is 4.79 Å². The van der Waals surface area contributed by atoms with E-state index in [2.05, 4.69) is 15.5 Å². The average molecular weight is 325 g/mol. The van der Waals surface area contributed by atoms with Crippen molar-refractivity contribution in [3.05, 3.63) is 53.8 Å². The van der Waals surface area contributed by atoms with E-state index in [0.29, 0.717) is 16.9 Å². The number of fused-ring (bicyclic) bond motifs is 3. The van der Waals surface area contributed by atoms with Crippen molar-refractivity contribution < 1.29 is 14.0 Å². The summed E-state index contributed by atoms with van der Waals surface area (Å²) in [5.41, 5.74) is 2.39. The molecule has 2 aromatic rings. The minimum absolute atomic E-state index is 0.0253. The fourth-order valence-corrected chi connectivity index (χ4v) is 3.34. The highest BCUT2D eigenvalue weighted by molar-refractivity contribution is 6.08. The van der Waals surface area contributed by atoms with E-state index in [-0.39, 0.29) is 17.9 Å². The number of halogens is 1. The largest absolute Gasteiger partial charge is 0.358 e. The minimum Gasteiger partial charge on any atom is -0.358 e. The molecule has 6 heteroatoms. The number of benzene rings is 2. The zero-order chi connectivity index (χ0) is 16.7. The summed E-state index contributed by atoms with van der Waals surface area (Å²) < 4.78 is 13.2. The smallest absolute Gasteiger partial charge is 0.255 e. The van der Waals surface area contributed by atoms with E-state index in [9.17, 15) is 14.0 Å². The van der Waals surface area contributed by atoms with Crippen molar-refractivity contribution in [2.24, 2.45) is 0 Å². The summed E-state index contributed by atoms with van der Waals surface area (Å²) in [7, 11) is 0. The van der Waals surface area contributed by atoms with Gasteiger partial charge in [-0.25, -0.2) is 4.39 Å². The number of nitrogens with one attached hydrogen (secondary N) is 2. The molecule has 4 rings (SSSR count). The molecule has 0 aromatic heterocycles. The van der Waals surface area contributed by atoms with Crippen LogP contribution in [0.1, 0.15) is 23.2 Å². The zero-order valence-corrected chi connectivity index (χ0v) is 12.9. The SMILES string of the molecule is O=C(Nc1cccc(F)c1)c1ccc2c(c1)NC(=O)[C@H]1CCCN21. The number of carbonyl (C=O) groups excluding carboxylic acids is 2.